The second-order valence-electron chi connectivity index (χ2n) is 4.60. The summed E-state index contributed by atoms with van der Waals surface area (Å²) in [5.41, 5.74) is -0.550. The normalized spacial score (nSPS) is 11.2. The second-order valence-corrected chi connectivity index (χ2v) is 5.04. The first-order valence-corrected chi connectivity index (χ1v) is 6.79. The van der Waals surface area contributed by atoms with Gasteiger partial charge in [-0.2, -0.15) is 13.2 Å². The third-order valence-corrected chi connectivity index (χ3v) is 3.10. The molecule has 122 valence electrons. The zero-order chi connectivity index (χ0) is 17.0. The van der Waals surface area contributed by atoms with Crippen molar-refractivity contribution in [2.24, 2.45) is 0 Å². The van der Waals surface area contributed by atoms with E-state index in [0.717, 1.165) is 30.3 Å². The molecule has 0 radical (unpaired) electrons. The van der Waals surface area contributed by atoms with Crippen molar-refractivity contribution >= 4 is 28.9 Å². The van der Waals surface area contributed by atoms with Crippen molar-refractivity contribution in [3.05, 3.63) is 58.9 Å². The summed E-state index contributed by atoms with van der Waals surface area (Å²) in [6.45, 7) is -0.266. The molecule has 0 aliphatic rings. The van der Waals surface area contributed by atoms with Crippen LogP contribution in [-0.2, 0) is 11.0 Å². The molecule has 0 atom stereocenters. The average molecular weight is 347 g/mol. The van der Waals surface area contributed by atoms with Crippen LogP contribution in [0.4, 0.5) is 28.9 Å². The van der Waals surface area contributed by atoms with E-state index in [9.17, 15) is 22.4 Å². The number of carbonyl (C=O) groups excluding carboxylic acids is 1. The van der Waals surface area contributed by atoms with Crippen molar-refractivity contribution in [3.8, 4) is 0 Å². The van der Waals surface area contributed by atoms with E-state index in [-0.39, 0.29) is 17.9 Å². The van der Waals surface area contributed by atoms with Gasteiger partial charge in [-0.1, -0.05) is 11.6 Å². The van der Waals surface area contributed by atoms with Crippen LogP contribution in [0.25, 0.3) is 0 Å². The van der Waals surface area contributed by atoms with E-state index in [1.54, 1.807) is 0 Å². The summed E-state index contributed by atoms with van der Waals surface area (Å²) in [6, 6.07) is 7.84. The van der Waals surface area contributed by atoms with Crippen LogP contribution < -0.4 is 10.6 Å². The Kier molecular flexibility index (Phi) is 5.10. The second kappa shape index (κ2) is 6.87. The molecule has 0 saturated carbocycles. The van der Waals surface area contributed by atoms with E-state index >= 15 is 0 Å². The summed E-state index contributed by atoms with van der Waals surface area (Å²) < 4.78 is 50.7. The Balaban J connectivity index is 1.93. The summed E-state index contributed by atoms with van der Waals surface area (Å²) in [7, 11) is 0. The molecule has 8 heteroatoms. The standard InChI is InChI=1S/C15H11ClF4N2O/c16-10-3-6-12(17)13(7-10)21-8-14(23)22-11-4-1-9(2-5-11)15(18,19)20/h1-7,21H,8H2,(H,22,23). The van der Waals surface area contributed by atoms with Crippen molar-refractivity contribution < 1.29 is 22.4 Å². The molecule has 2 N–H and O–H groups in total. The number of carbonyl (C=O) groups is 1. The van der Waals surface area contributed by atoms with Gasteiger partial charge in [-0.15, -0.1) is 0 Å². The maximum atomic E-state index is 13.4. The number of benzene rings is 2. The van der Waals surface area contributed by atoms with Gasteiger partial charge in [-0.05, 0) is 42.5 Å². The van der Waals surface area contributed by atoms with Gasteiger partial charge >= 0.3 is 6.18 Å². The fourth-order valence-corrected chi connectivity index (χ4v) is 1.93. The topological polar surface area (TPSA) is 41.1 Å². The molecule has 23 heavy (non-hydrogen) atoms. The van der Waals surface area contributed by atoms with Crippen molar-refractivity contribution in [1.82, 2.24) is 0 Å². The maximum absolute atomic E-state index is 13.4. The number of hydrogen-bond donors (Lipinski definition) is 2. The van der Waals surface area contributed by atoms with Gasteiger partial charge in [-0.25, -0.2) is 4.39 Å². The molecule has 1 amide bonds. The van der Waals surface area contributed by atoms with Gasteiger partial charge in [0.2, 0.25) is 5.91 Å². The van der Waals surface area contributed by atoms with E-state index in [0.29, 0.717) is 5.02 Å². The first-order chi connectivity index (χ1) is 10.8. The van der Waals surface area contributed by atoms with E-state index in [2.05, 4.69) is 10.6 Å². The van der Waals surface area contributed by atoms with Crippen molar-refractivity contribution in [1.29, 1.82) is 0 Å². The predicted molar refractivity (Wildman–Crippen MR) is 80.0 cm³/mol. The van der Waals surface area contributed by atoms with Gasteiger partial charge in [0.1, 0.15) is 5.82 Å². The molecule has 0 aromatic heterocycles. The number of nitrogens with one attached hydrogen (secondary N) is 2. The smallest absolute Gasteiger partial charge is 0.374 e. The van der Waals surface area contributed by atoms with Gasteiger partial charge < -0.3 is 10.6 Å². The number of alkyl halides is 3. The van der Waals surface area contributed by atoms with Crippen LogP contribution >= 0.6 is 11.6 Å². The molecule has 3 nitrogen and oxygen atoms in total. The number of amides is 1. The third kappa shape index (κ3) is 4.85. The fraction of sp³-hybridized carbons (Fsp3) is 0.133. The zero-order valence-corrected chi connectivity index (χ0v) is 12.3. The van der Waals surface area contributed by atoms with Crippen LogP contribution in [0.3, 0.4) is 0 Å². The highest BCUT2D eigenvalue weighted by Gasteiger charge is 2.29. The lowest BCUT2D eigenvalue weighted by atomic mass is 10.2. The molecular weight excluding hydrogens is 336 g/mol. The summed E-state index contributed by atoms with van der Waals surface area (Å²) >= 11 is 5.71. The third-order valence-electron chi connectivity index (χ3n) is 2.86. The number of rotatable bonds is 4. The van der Waals surface area contributed by atoms with E-state index in [4.69, 9.17) is 11.6 Å². The Labute approximate surface area is 134 Å². The van der Waals surface area contributed by atoms with E-state index in [1.807, 2.05) is 0 Å². The van der Waals surface area contributed by atoms with Crippen molar-refractivity contribution in [2.45, 2.75) is 6.18 Å². The van der Waals surface area contributed by atoms with Gasteiger partial charge in [0.05, 0.1) is 17.8 Å². The van der Waals surface area contributed by atoms with Crippen LogP contribution in [0.5, 0.6) is 0 Å². The van der Waals surface area contributed by atoms with Crippen LogP contribution in [0.15, 0.2) is 42.5 Å². The molecule has 0 unspecified atom stereocenters. The van der Waals surface area contributed by atoms with Crippen LogP contribution in [0, 0.1) is 5.82 Å². The lowest BCUT2D eigenvalue weighted by Gasteiger charge is -2.10. The quantitative estimate of drug-likeness (QED) is 0.797. The molecule has 2 aromatic rings. The highest BCUT2D eigenvalue weighted by molar-refractivity contribution is 6.30. The molecular formula is C15H11ClF4N2O. The first-order valence-electron chi connectivity index (χ1n) is 6.42. The Morgan fingerprint density at radius 3 is 2.35 bits per heavy atom. The summed E-state index contributed by atoms with van der Waals surface area (Å²) in [5.74, 6) is -1.11. The predicted octanol–water partition coefficient (Wildman–Crippen LogP) is 4.55. The SMILES string of the molecule is O=C(CNc1cc(Cl)ccc1F)Nc1ccc(C(F)(F)F)cc1. The van der Waals surface area contributed by atoms with Gasteiger partial charge in [0.25, 0.3) is 0 Å². The molecule has 2 rings (SSSR count). The highest BCUT2D eigenvalue weighted by atomic mass is 35.5. The van der Waals surface area contributed by atoms with E-state index in [1.165, 1.54) is 12.1 Å². The molecule has 0 bridgehead atoms. The van der Waals surface area contributed by atoms with Gasteiger partial charge in [-0.3, -0.25) is 4.79 Å². The van der Waals surface area contributed by atoms with Gasteiger partial charge in [0.15, 0.2) is 0 Å². The number of hydrogen-bond acceptors (Lipinski definition) is 2. The van der Waals surface area contributed by atoms with Crippen molar-refractivity contribution in [2.75, 3.05) is 17.2 Å². The molecule has 0 aliphatic carbocycles. The Hall–Kier alpha value is -2.28. The molecule has 0 fully saturated rings. The molecule has 0 heterocycles. The Morgan fingerprint density at radius 2 is 1.74 bits per heavy atom. The van der Waals surface area contributed by atoms with Gasteiger partial charge in [0, 0.05) is 10.7 Å². The first kappa shape index (κ1) is 17.1. The minimum Gasteiger partial charge on any atom is -0.374 e. The molecule has 0 saturated heterocycles. The van der Waals surface area contributed by atoms with Crippen LogP contribution in [-0.4, -0.2) is 12.5 Å². The molecule has 2 aromatic carbocycles. The van der Waals surface area contributed by atoms with Crippen LogP contribution in [0.2, 0.25) is 5.02 Å². The lowest BCUT2D eigenvalue weighted by molar-refractivity contribution is -0.137. The molecule has 0 aliphatic heterocycles. The Morgan fingerprint density at radius 1 is 1.09 bits per heavy atom. The molecule has 0 spiro atoms. The fourth-order valence-electron chi connectivity index (χ4n) is 1.76. The van der Waals surface area contributed by atoms with E-state index < -0.39 is 23.5 Å². The lowest BCUT2D eigenvalue weighted by Crippen LogP contribution is -2.22. The Bertz CT molecular complexity index is 702. The summed E-state index contributed by atoms with van der Waals surface area (Å²) in [4.78, 5) is 11.7. The monoisotopic (exact) mass is 346 g/mol. The average Bonchev–Trinajstić information content (AvgIpc) is 2.48. The van der Waals surface area contributed by atoms with Crippen molar-refractivity contribution in [3.63, 3.8) is 0 Å². The number of halogens is 5. The maximum Gasteiger partial charge on any atom is 0.416 e. The van der Waals surface area contributed by atoms with Crippen LogP contribution in [0.1, 0.15) is 5.56 Å². The minimum absolute atomic E-state index is 0.0556. The minimum atomic E-state index is -4.44. The number of anilines is 2. The summed E-state index contributed by atoms with van der Waals surface area (Å²) in [6.07, 6.45) is -4.44. The highest BCUT2D eigenvalue weighted by Crippen LogP contribution is 2.29. The summed E-state index contributed by atoms with van der Waals surface area (Å²) in [5, 5.41) is 5.26. The largest absolute Gasteiger partial charge is 0.416 e. The zero-order valence-electron chi connectivity index (χ0n) is 11.5.